The van der Waals surface area contributed by atoms with Crippen molar-refractivity contribution in [2.45, 2.75) is 77.0 Å². The monoisotopic (exact) mass is 380 g/mol. The van der Waals surface area contributed by atoms with Gasteiger partial charge in [-0.2, -0.15) is 0 Å². The van der Waals surface area contributed by atoms with Crippen LogP contribution in [0.2, 0.25) is 0 Å². The van der Waals surface area contributed by atoms with E-state index in [1.807, 2.05) is 24.3 Å². The molecule has 1 aromatic carbocycles. The van der Waals surface area contributed by atoms with E-state index in [0.29, 0.717) is 0 Å². The molecule has 150 valence electrons. The van der Waals surface area contributed by atoms with E-state index in [2.05, 4.69) is 10.6 Å². The maximum absolute atomic E-state index is 13.0. The number of rotatable bonds is 4. The molecule has 0 atom stereocenters. The summed E-state index contributed by atoms with van der Waals surface area (Å²) in [6, 6.07) is 7.72. The second-order valence-corrected chi connectivity index (χ2v) is 10.0. The predicted molar refractivity (Wildman–Crippen MR) is 111 cm³/mol. The van der Waals surface area contributed by atoms with Gasteiger partial charge in [0.05, 0.1) is 0 Å². The Morgan fingerprint density at radius 2 is 1.04 bits per heavy atom. The molecule has 0 saturated heterocycles. The Labute approximate surface area is 167 Å². The SMILES string of the molecule is O=C(Nc1cccc(NC(=O)C23CCC(CC2)CC3)c1)C12CCC(CC1)CC2. The molecule has 2 N–H and O–H groups in total. The zero-order chi connectivity index (χ0) is 19.2. The summed E-state index contributed by atoms with van der Waals surface area (Å²) in [6.07, 6.45) is 13.4. The predicted octanol–water partition coefficient (Wildman–Crippen LogP) is 5.50. The van der Waals surface area contributed by atoms with Crippen molar-refractivity contribution in [3.63, 3.8) is 0 Å². The molecule has 6 fully saturated rings. The molecule has 0 spiro atoms. The summed E-state index contributed by atoms with van der Waals surface area (Å²) in [5.41, 5.74) is 1.28. The molecule has 4 heteroatoms. The van der Waals surface area contributed by atoms with Crippen molar-refractivity contribution in [3.05, 3.63) is 24.3 Å². The standard InChI is InChI=1S/C24H32N2O2/c27-21(23-10-4-17(5-11-23)6-12-23)25-19-2-1-3-20(16-19)26-22(28)24-13-7-18(8-14-24)9-15-24/h1-3,16-18H,4-15H2,(H,25,27)(H,26,28). The van der Waals surface area contributed by atoms with E-state index in [1.54, 1.807) is 0 Å². The summed E-state index contributed by atoms with van der Waals surface area (Å²) in [4.78, 5) is 26.1. The van der Waals surface area contributed by atoms with E-state index in [1.165, 1.54) is 38.5 Å². The zero-order valence-corrected chi connectivity index (χ0v) is 16.8. The van der Waals surface area contributed by atoms with Crippen molar-refractivity contribution >= 4 is 23.2 Å². The minimum atomic E-state index is -0.159. The second-order valence-electron chi connectivity index (χ2n) is 10.0. The molecule has 0 unspecified atom stereocenters. The van der Waals surface area contributed by atoms with Crippen LogP contribution in [0.3, 0.4) is 0 Å². The molecule has 28 heavy (non-hydrogen) atoms. The minimum Gasteiger partial charge on any atom is -0.326 e. The fourth-order valence-electron chi connectivity index (χ4n) is 6.38. The molecular formula is C24H32N2O2. The highest BCUT2D eigenvalue weighted by Crippen LogP contribution is 2.51. The highest BCUT2D eigenvalue weighted by Gasteiger charge is 2.46. The Balaban J connectivity index is 1.26. The van der Waals surface area contributed by atoms with Gasteiger partial charge in [-0.15, -0.1) is 0 Å². The molecule has 6 aliphatic rings. The van der Waals surface area contributed by atoms with Crippen LogP contribution in [0.1, 0.15) is 77.0 Å². The first-order valence-electron chi connectivity index (χ1n) is 11.3. The van der Waals surface area contributed by atoms with Gasteiger partial charge in [0.15, 0.2) is 0 Å². The first-order valence-corrected chi connectivity index (χ1v) is 11.3. The van der Waals surface area contributed by atoms with Gasteiger partial charge >= 0.3 is 0 Å². The number of amides is 2. The molecule has 4 nitrogen and oxygen atoms in total. The van der Waals surface area contributed by atoms with Crippen molar-refractivity contribution in [2.75, 3.05) is 10.6 Å². The largest absolute Gasteiger partial charge is 0.326 e. The molecule has 7 rings (SSSR count). The number of hydrogen-bond donors (Lipinski definition) is 2. The lowest BCUT2D eigenvalue weighted by Crippen LogP contribution is -2.44. The Morgan fingerprint density at radius 1 is 0.679 bits per heavy atom. The van der Waals surface area contributed by atoms with Gasteiger partial charge in [-0.25, -0.2) is 0 Å². The third kappa shape index (κ3) is 3.15. The first kappa shape index (κ1) is 18.2. The molecule has 2 amide bonds. The molecule has 1 aromatic rings. The fraction of sp³-hybridized carbons (Fsp3) is 0.667. The van der Waals surface area contributed by atoms with Crippen LogP contribution < -0.4 is 10.6 Å². The quantitative estimate of drug-likeness (QED) is 0.724. The molecule has 6 aliphatic carbocycles. The number of anilines is 2. The lowest BCUT2D eigenvalue weighted by molar-refractivity contribution is -0.131. The van der Waals surface area contributed by atoms with Gasteiger partial charge in [0, 0.05) is 22.2 Å². The van der Waals surface area contributed by atoms with E-state index in [-0.39, 0.29) is 22.6 Å². The summed E-state index contributed by atoms with van der Waals surface area (Å²) in [5, 5.41) is 6.32. The molecule has 6 saturated carbocycles. The van der Waals surface area contributed by atoms with E-state index >= 15 is 0 Å². The van der Waals surface area contributed by atoms with Crippen LogP contribution in [0.25, 0.3) is 0 Å². The van der Waals surface area contributed by atoms with Crippen LogP contribution in [0.4, 0.5) is 11.4 Å². The molecule has 4 bridgehead atoms. The maximum atomic E-state index is 13.0. The van der Waals surface area contributed by atoms with Crippen LogP contribution >= 0.6 is 0 Å². The maximum Gasteiger partial charge on any atom is 0.230 e. The Bertz CT molecular complexity index is 682. The topological polar surface area (TPSA) is 58.2 Å². The summed E-state index contributed by atoms with van der Waals surface area (Å²) < 4.78 is 0. The minimum absolute atomic E-state index is 0.159. The van der Waals surface area contributed by atoms with Crippen molar-refractivity contribution in [2.24, 2.45) is 22.7 Å². The van der Waals surface area contributed by atoms with Crippen molar-refractivity contribution in [3.8, 4) is 0 Å². The molecule has 0 aromatic heterocycles. The van der Waals surface area contributed by atoms with E-state index in [4.69, 9.17) is 0 Å². The van der Waals surface area contributed by atoms with Crippen LogP contribution in [0.5, 0.6) is 0 Å². The Morgan fingerprint density at radius 3 is 1.39 bits per heavy atom. The van der Waals surface area contributed by atoms with Gasteiger partial charge in [-0.05, 0) is 107 Å². The summed E-state index contributed by atoms with van der Waals surface area (Å²) in [5.74, 6) is 2.06. The van der Waals surface area contributed by atoms with Crippen molar-refractivity contribution < 1.29 is 9.59 Å². The van der Waals surface area contributed by atoms with Gasteiger partial charge in [0.25, 0.3) is 0 Å². The Kier molecular flexibility index (Phi) is 4.48. The van der Waals surface area contributed by atoms with E-state index < -0.39 is 0 Å². The lowest BCUT2D eigenvalue weighted by atomic mass is 9.60. The third-order valence-electron chi connectivity index (χ3n) is 8.53. The average molecular weight is 381 g/mol. The lowest BCUT2D eigenvalue weighted by Gasteiger charge is -2.45. The molecule has 0 aliphatic heterocycles. The molecule has 0 radical (unpaired) electrons. The van der Waals surface area contributed by atoms with Gasteiger partial charge in [0.1, 0.15) is 0 Å². The number of carbonyl (C=O) groups is 2. The summed E-state index contributed by atoms with van der Waals surface area (Å²) in [6.45, 7) is 0. The van der Waals surface area contributed by atoms with Crippen LogP contribution in [-0.2, 0) is 9.59 Å². The number of fused-ring (bicyclic) bond motifs is 6. The van der Waals surface area contributed by atoms with Crippen LogP contribution in [0.15, 0.2) is 24.3 Å². The zero-order valence-electron chi connectivity index (χ0n) is 16.8. The smallest absolute Gasteiger partial charge is 0.230 e. The average Bonchev–Trinajstić information content (AvgIpc) is 2.76. The van der Waals surface area contributed by atoms with Crippen LogP contribution in [0, 0.1) is 22.7 Å². The highest BCUT2D eigenvalue weighted by molar-refractivity contribution is 5.98. The third-order valence-corrected chi connectivity index (χ3v) is 8.53. The molecular weight excluding hydrogens is 348 g/mol. The van der Waals surface area contributed by atoms with Crippen molar-refractivity contribution in [1.82, 2.24) is 0 Å². The summed E-state index contributed by atoms with van der Waals surface area (Å²) in [7, 11) is 0. The highest BCUT2D eigenvalue weighted by atomic mass is 16.2. The van der Waals surface area contributed by atoms with Gasteiger partial charge < -0.3 is 10.6 Å². The first-order chi connectivity index (χ1) is 13.6. The van der Waals surface area contributed by atoms with Gasteiger partial charge in [0.2, 0.25) is 11.8 Å². The fourth-order valence-corrected chi connectivity index (χ4v) is 6.38. The number of carbonyl (C=O) groups excluding carboxylic acids is 2. The van der Waals surface area contributed by atoms with E-state index in [0.717, 1.165) is 61.7 Å². The summed E-state index contributed by atoms with van der Waals surface area (Å²) >= 11 is 0. The van der Waals surface area contributed by atoms with E-state index in [9.17, 15) is 9.59 Å². The second kappa shape index (κ2) is 6.89. The Hall–Kier alpha value is -1.84. The number of benzene rings is 1. The number of nitrogens with one attached hydrogen (secondary N) is 2. The normalized spacial score (nSPS) is 36.1. The molecule has 0 heterocycles. The van der Waals surface area contributed by atoms with Crippen molar-refractivity contribution in [1.29, 1.82) is 0 Å². The van der Waals surface area contributed by atoms with Gasteiger partial charge in [-0.1, -0.05) is 6.07 Å². The van der Waals surface area contributed by atoms with Gasteiger partial charge in [-0.3, -0.25) is 9.59 Å². The number of hydrogen-bond acceptors (Lipinski definition) is 2. The van der Waals surface area contributed by atoms with Crippen LogP contribution in [-0.4, -0.2) is 11.8 Å².